The van der Waals surface area contributed by atoms with E-state index in [1.54, 1.807) is 0 Å². The molecule has 0 fully saturated rings. The van der Waals surface area contributed by atoms with E-state index >= 15 is 0 Å². The molecule has 0 aliphatic carbocycles. The van der Waals surface area contributed by atoms with E-state index in [0.29, 0.717) is 19.0 Å². The van der Waals surface area contributed by atoms with Crippen molar-refractivity contribution in [2.75, 3.05) is 6.54 Å². The molecule has 14 heavy (non-hydrogen) atoms. The van der Waals surface area contributed by atoms with Crippen LogP contribution in [-0.4, -0.2) is 24.5 Å². The van der Waals surface area contributed by atoms with E-state index in [-0.39, 0.29) is 11.9 Å². The summed E-state index contributed by atoms with van der Waals surface area (Å²) in [6, 6.07) is 0.440. The van der Waals surface area contributed by atoms with Gasteiger partial charge in [-0.15, -0.1) is 12.3 Å². The molecule has 0 saturated heterocycles. The van der Waals surface area contributed by atoms with E-state index in [1.807, 2.05) is 6.92 Å². The predicted molar refractivity (Wildman–Crippen MR) is 58.8 cm³/mol. The zero-order valence-electron chi connectivity index (χ0n) is 9.26. The van der Waals surface area contributed by atoms with Gasteiger partial charge in [-0.25, -0.2) is 0 Å². The van der Waals surface area contributed by atoms with Crippen LogP contribution in [0.2, 0.25) is 0 Å². The van der Waals surface area contributed by atoms with Crippen molar-refractivity contribution in [3.8, 4) is 12.3 Å². The van der Waals surface area contributed by atoms with E-state index < -0.39 is 0 Å². The number of terminal acetylenes is 1. The van der Waals surface area contributed by atoms with Crippen molar-refractivity contribution in [2.45, 2.75) is 45.7 Å². The van der Waals surface area contributed by atoms with Crippen LogP contribution < -0.4 is 10.6 Å². The molecule has 0 aliphatic heterocycles. The van der Waals surface area contributed by atoms with Crippen LogP contribution in [0.25, 0.3) is 0 Å². The molecule has 0 aromatic carbocycles. The van der Waals surface area contributed by atoms with Gasteiger partial charge in [-0.1, -0.05) is 6.92 Å². The highest BCUT2D eigenvalue weighted by molar-refractivity contribution is 5.78. The lowest BCUT2D eigenvalue weighted by molar-refractivity contribution is -0.120. The van der Waals surface area contributed by atoms with E-state index in [2.05, 4.69) is 30.4 Å². The number of carbonyl (C=O) groups is 1. The van der Waals surface area contributed by atoms with Gasteiger partial charge in [0.2, 0.25) is 5.91 Å². The number of amides is 1. The van der Waals surface area contributed by atoms with Gasteiger partial charge in [0.25, 0.3) is 0 Å². The first-order chi connectivity index (χ1) is 6.60. The largest absolute Gasteiger partial charge is 0.352 e. The molecule has 1 amide bonds. The summed E-state index contributed by atoms with van der Waals surface area (Å²) in [5.41, 5.74) is 0. The second-order valence-corrected chi connectivity index (χ2v) is 3.57. The molecule has 80 valence electrons. The summed E-state index contributed by atoms with van der Waals surface area (Å²) in [5.74, 6) is 2.52. The van der Waals surface area contributed by atoms with Crippen molar-refractivity contribution < 1.29 is 4.79 Å². The third-order valence-corrected chi connectivity index (χ3v) is 2.05. The van der Waals surface area contributed by atoms with Crippen LogP contribution in [0, 0.1) is 12.3 Å². The Labute approximate surface area is 86.6 Å². The molecule has 0 aromatic rings. The molecule has 0 spiro atoms. The molecule has 0 aliphatic rings. The number of hydrogen-bond donors (Lipinski definition) is 2. The maximum Gasteiger partial charge on any atom is 0.234 e. The van der Waals surface area contributed by atoms with E-state index in [1.165, 1.54) is 0 Å². The Balaban J connectivity index is 3.61. The summed E-state index contributed by atoms with van der Waals surface area (Å²) in [4.78, 5) is 11.3. The van der Waals surface area contributed by atoms with Gasteiger partial charge in [0.05, 0.1) is 6.54 Å². The topological polar surface area (TPSA) is 41.1 Å². The molecular weight excluding hydrogens is 176 g/mol. The molecule has 3 nitrogen and oxygen atoms in total. The van der Waals surface area contributed by atoms with Crippen LogP contribution in [0.1, 0.15) is 33.6 Å². The lowest BCUT2D eigenvalue weighted by atomic mass is 10.2. The normalized spacial score (nSPS) is 14.1. The number of carbonyl (C=O) groups excluding carboxylic acids is 1. The molecule has 2 N–H and O–H groups in total. The monoisotopic (exact) mass is 196 g/mol. The molecule has 2 atom stereocenters. The van der Waals surface area contributed by atoms with Crippen LogP contribution >= 0.6 is 0 Å². The number of rotatable bonds is 6. The first kappa shape index (κ1) is 13.0. The average Bonchev–Trinajstić information content (AvgIpc) is 2.14. The second-order valence-electron chi connectivity index (χ2n) is 3.57. The molecule has 0 rings (SSSR count). The minimum absolute atomic E-state index is 0.00745. The third kappa shape index (κ3) is 6.50. The Morgan fingerprint density at radius 3 is 2.57 bits per heavy atom. The first-order valence-corrected chi connectivity index (χ1v) is 5.06. The maximum atomic E-state index is 11.3. The second kappa shape index (κ2) is 7.40. The Morgan fingerprint density at radius 2 is 2.07 bits per heavy atom. The van der Waals surface area contributed by atoms with Crippen molar-refractivity contribution in [1.29, 1.82) is 0 Å². The summed E-state index contributed by atoms with van der Waals surface area (Å²) >= 11 is 0. The first-order valence-electron chi connectivity index (χ1n) is 5.06. The van der Waals surface area contributed by atoms with Crippen molar-refractivity contribution in [1.82, 2.24) is 10.6 Å². The van der Waals surface area contributed by atoms with Gasteiger partial charge in [-0.2, -0.15) is 0 Å². The summed E-state index contributed by atoms with van der Waals surface area (Å²) < 4.78 is 0. The van der Waals surface area contributed by atoms with Gasteiger partial charge < -0.3 is 10.6 Å². The lowest BCUT2D eigenvalue weighted by Crippen LogP contribution is -2.41. The summed E-state index contributed by atoms with van der Waals surface area (Å²) in [6.45, 7) is 6.40. The van der Waals surface area contributed by atoms with E-state index in [4.69, 9.17) is 6.42 Å². The highest BCUT2D eigenvalue weighted by atomic mass is 16.1. The van der Waals surface area contributed by atoms with Gasteiger partial charge in [0.15, 0.2) is 0 Å². The molecule has 2 unspecified atom stereocenters. The Bertz CT molecular complexity index is 208. The van der Waals surface area contributed by atoms with Crippen LogP contribution in [0.5, 0.6) is 0 Å². The van der Waals surface area contributed by atoms with Crippen molar-refractivity contribution in [3.63, 3.8) is 0 Å². The van der Waals surface area contributed by atoms with Crippen LogP contribution in [0.4, 0.5) is 0 Å². The Morgan fingerprint density at radius 1 is 1.43 bits per heavy atom. The highest BCUT2D eigenvalue weighted by Crippen LogP contribution is 1.89. The van der Waals surface area contributed by atoms with Crippen LogP contribution in [0.3, 0.4) is 0 Å². The molecule has 0 aromatic heterocycles. The fourth-order valence-electron chi connectivity index (χ4n) is 0.965. The van der Waals surface area contributed by atoms with Gasteiger partial charge in [-0.3, -0.25) is 4.79 Å². The lowest BCUT2D eigenvalue weighted by Gasteiger charge is -2.14. The van der Waals surface area contributed by atoms with E-state index in [9.17, 15) is 4.79 Å². The fraction of sp³-hybridized carbons (Fsp3) is 0.727. The van der Waals surface area contributed by atoms with Gasteiger partial charge in [0.1, 0.15) is 0 Å². The van der Waals surface area contributed by atoms with Gasteiger partial charge in [-0.05, 0) is 20.3 Å². The highest BCUT2D eigenvalue weighted by Gasteiger charge is 2.06. The molecule has 0 saturated carbocycles. The maximum absolute atomic E-state index is 11.3. The number of hydrogen-bond acceptors (Lipinski definition) is 2. The van der Waals surface area contributed by atoms with Crippen molar-refractivity contribution in [3.05, 3.63) is 0 Å². The number of nitrogens with one attached hydrogen (secondary N) is 2. The van der Waals surface area contributed by atoms with Crippen molar-refractivity contribution in [2.24, 2.45) is 0 Å². The summed E-state index contributed by atoms with van der Waals surface area (Å²) in [7, 11) is 0. The Kier molecular flexibility index (Phi) is 6.87. The molecule has 0 heterocycles. The SMILES string of the molecule is C#CCC(C)NC(=O)CNC(C)CC. The van der Waals surface area contributed by atoms with Gasteiger partial charge in [0, 0.05) is 18.5 Å². The molecule has 0 bridgehead atoms. The predicted octanol–water partition coefficient (Wildman–Crippen LogP) is 0.902. The zero-order chi connectivity index (χ0) is 11.0. The van der Waals surface area contributed by atoms with Gasteiger partial charge >= 0.3 is 0 Å². The standard InChI is InChI=1S/C11H20N2O/c1-5-7-10(4)13-11(14)8-12-9(3)6-2/h1,9-10,12H,6-8H2,2-4H3,(H,13,14). The third-order valence-electron chi connectivity index (χ3n) is 2.05. The summed E-state index contributed by atoms with van der Waals surface area (Å²) in [5, 5.41) is 5.93. The van der Waals surface area contributed by atoms with E-state index in [0.717, 1.165) is 6.42 Å². The molecular formula is C11H20N2O. The molecule has 3 heteroatoms. The minimum atomic E-state index is 0.00745. The Hall–Kier alpha value is -1.01. The van der Waals surface area contributed by atoms with Crippen LogP contribution in [-0.2, 0) is 4.79 Å². The average molecular weight is 196 g/mol. The zero-order valence-corrected chi connectivity index (χ0v) is 9.26. The van der Waals surface area contributed by atoms with Crippen molar-refractivity contribution >= 4 is 5.91 Å². The molecule has 0 radical (unpaired) electrons. The fourth-order valence-corrected chi connectivity index (χ4v) is 0.965. The summed E-state index contributed by atoms with van der Waals surface area (Å²) in [6.07, 6.45) is 6.73. The van der Waals surface area contributed by atoms with Crippen LogP contribution in [0.15, 0.2) is 0 Å². The smallest absolute Gasteiger partial charge is 0.234 e. The minimum Gasteiger partial charge on any atom is -0.352 e. The quantitative estimate of drug-likeness (QED) is 0.620.